The van der Waals surface area contributed by atoms with E-state index in [1.54, 1.807) is 0 Å². The molecule has 0 bridgehead atoms. The van der Waals surface area contributed by atoms with Crippen molar-refractivity contribution in [1.29, 1.82) is 0 Å². The van der Waals surface area contributed by atoms with Crippen molar-refractivity contribution >= 4 is 22.5 Å². The van der Waals surface area contributed by atoms with Crippen molar-refractivity contribution in [3.05, 3.63) is 72.4 Å². The Morgan fingerprint density at radius 2 is 1.75 bits per heavy atom. The zero-order valence-corrected chi connectivity index (χ0v) is 15.8. The van der Waals surface area contributed by atoms with Gasteiger partial charge in [0.25, 0.3) is 0 Å². The van der Waals surface area contributed by atoms with Crippen molar-refractivity contribution in [2.24, 2.45) is 0 Å². The first-order valence-corrected chi connectivity index (χ1v) is 9.92. The van der Waals surface area contributed by atoms with Crippen LogP contribution in [-0.4, -0.2) is 41.1 Å². The van der Waals surface area contributed by atoms with Crippen molar-refractivity contribution < 1.29 is 4.79 Å². The summed E-state index contributed by atoms with van der Waals surface area (Å²) < 4.78 is 0. The Kier molecular flexibility index (Phi) is 4.24. The van der Waals surface area contributed by atoms with Gasteiger partial charge in [-0.3, -0.25) is 14.7 Å². The molecule has 0 aliphatic carbocycles. The number of hydrogen-bond acceptors (Lipinski definition) is 4. The molecule has 0 atom stereocenters. The second kappa shape index (κ2) is 6.91. The van der Waals surface area contributed by atoms with Gasteiger partial charge in [-0.2, -0.15) is 0 Å². The molecule has 0 unspecified atom stereocenters. The minimum absolute atomic E-state index is 0.169. The normalized spacial score (nSPS) is 19.3. The molecule has 5 heteroatoms. The van der Waals surface area contributed by atoms with Gasteiger partial charge in [0.2, 0.25) is 5.91 Å². The lowest BCUT2D eigenvalue weighted by Gasteiger charge is -2.43. The van der Waals surface area contributed by atoms with E-state index in [1.807, 2.05) is 30.5 Å². The van der Waals surface area contributed by atoms with E-state index in [0.717, 1.165) is 43.7 Å². The number of hydrogen-bond donors (Lipinski definition) is 1. The topological polar surface area (TPSA) is 48.5 Å². The van der Waals surface area contributed by atoms with Crippen LogP contribution in [0.1, 0.15) is 18.4 Å². The molecular formula is C23H24N4O. The average Bonchev–Trinajstić information content (AvgIpc) is 3.06. The van der Waals surface area contributed by atoms with Gasteiger partial charge in [-0.25, -0.2) is 0 Å². The fourth-order valence-corrected chi connectivity index (χ4v) is 4.65. The summed E-state index contributed by atoms with van der Waals surface area (Å²) in [6.07, 6.45) is 3.54. The first kappa shape index (κ1) is 17.2. The van der Waals surface area contributed by atoms with Crippen molar-refractivity contribution in [3.63, 3.8) is 0 Å². The van der Waals surface area contributed by atoms with Crippen LogP contribution in [0.15, 0.2) is 66.9 Å². The Bertz CT molecular complexity index is 990. The van der Waals surface area contributed by atoms with Crippen LogP contribution in [0, 0.1) is 0 Å². The number of nitrogens with zero attached hydrogens (tertiary/aromatic N) is 3. The maximum absolute atomic E-state index is 12.8. The third kappa shape index (κ3) is 2.83. The molecule has 2 aliphatic heterocycles. The number of amides is 1. The minimum atomic E-state index is -0.422. The van der Waals surface area contributed by atoms with Gasteiger partial charge < -0.3 is 10.2 Å². The second-order valence-corrected chi connectivity index (χ2v) is 7.73. The first-order valence-electron chi connectivity index (χ1n) is 9.92. The highest BCUT2D eigenvalue weighted by atomic mass is 16.2. The van der Waals surface area contributed by atoms with Crippen molar-refractivity contribution in [3.8, 4) is 0 Å². The summed E-state index contributed by atoms with van der Waals surface area (Å²) in [6.45, 7) is 3.27. The van der Waals surface area contributed by atoms with Crippen LogP contribution in [0.5, 0.6) is 0 Å². The van der Waals surface area contributed by atoms with E-state index in [1.165, 1.54) is 10.9 Å². The number of likely N-dealkylation sites (tertiary alicyclic amines) is 1. The SMILES string of the molecule is O=C1NCN(c2ccccc2)C12CCN(Cc1cccc3cccnc13)CC2. The van der Waals surface area contributed by atoms with Crippen LogP contribution in [0.3, 0.4) is 0 Å². The fourth-order valence-electron chi connectivity index (χ4n) is 4.65. The highest BCUT2D eigenvalue weighted by molar-refractivity contribution is 5.93. The Morgan fingerprint density at radius 3 is 2.57 bits per heavy atom. The quantitative estimate of drug-likeness (QED) is 0.767. The molecule has 1 amide bonds. The van der Waals surface area contributed by atoms with Gasteiger partial charge in [-0.1, -0.05) is 42.5 Å². The van der Waals surface area contributed by atoms with Gasteiger partial charge >= 0.3 is 0 Å². The van der Waals surface area contributed by atoms with Crippen LogP contribution in [0.25, 0.3) is 10.9 Å². The molecule has 1 aromatic heterocycles. The summed E-state index contributed by atoms with van der Waals surface area (Å²) in [6, 6.07) is 20.7. The fraction of sp³-hybridized carbons (Fsp3) is 0.304. The van der Waals surface area contributed by atoms with Gasteiger partial charge in [0.05, 0.1) is 12.2 Å². The van der Waals surface area contributed by atoms with Crippen LogP contribution < -0.4 is 10.2 Å². The summed E-state index contributed by atoms with van der Waals surface area (Å²) in [7, 11) is 0. The van der Waals surface area contributed by atoms with E-state index >= 15 is 0 Å². The molecule has 3 aromatic rings. The number of benzene rings is 2. The van der Waals surface area contributed by atoms with Gasteiger partial charge in [-0.15, -0.1) is 0 Å². The average molecular weight is 372 g/mol. The monoisotopic (exact) mass is 372 g/mol. The van der Waals surface area contributed by atoms with E-state index in [4.69, 9.17) is 0 Å². The molecule has 2 aliphatic rings. The van der Waals surface area contributed by atoms with Gasteiger partial charge in [0.15, 0.2) is 0 Å². The predicted molar refractivity (Wildman–Crippen MR) is 111 cm³/mol. The molecule has 2 aromatic carbocycles. The predicted octanol–water partition coefficient (Wildman–Crippen LogP) is 3.16. The molecule has 1 N–H and O–H groups in total. The van der Waals surface area contributed by atoms with E-state index < -0.39 is 5.54 Å². The van der Waals surface area contributed by atoms with Crippen molar-refractivity contribution in [1.82, 2.24) is 15.2 Å². The molecule has 2 saturated heterocycles. The van der Waals surface area contributed by atoms with Gasteiger partial charge in [-0.05, 0) is 36.6 Å². The molecule has 2 fully saturated rings. The summed E-state index contributed by atoms with van der Waals surface area (Å²) in [4.78, 5) is 22.1. The van der Waals surface area contributed by atoms with Crippen LogP contribution >= 0.6 is 0 Å². The van der Waals surface area contributed by atoms with Crippen LogP contribution in [0.4, 0.5) is 5.69 Å². The lowest BCUT2D eigenvalue weighted by Crippen LogP contribution is -2.56. The molecule has 142 valence electrons. The largest absolute Gasteiger partial charge is 0.339 e. The van der Waals surface area contributed by atoms with Crippen molar-refractivity contribution in [2.75, 3.05) is 24.7 Å². The highest BCUT2D eigenvalue weighted by Gasteiger charge is 2.50. The number of carbonyl (C=O) groups is 1. The van der Waals surface area contributed by atoms with E-state index in [-0.39, 0.29) is 5.91 Å². The Hall–Kier alpha value is -2.92. The zero-order valence-electron chi connectivity index (χ0n) is 15.8. The molecule has 0 radical (unpaired) electrons. The zero-order chi connectivity index (χ0) is 19.0. The number of pyridine rings is 1. The van der Waals surface area contributed by atoms with E-state index in [9.17, 15) is 4.79 Å². The molecule has 3 heterocycles. The van der Waals surface area contributed by atoms with E-state index in [0.29, 0.717) is 6.67 Å². The number of carbonyl (C=O) groups excluding carboxylic acids is 1. The Morgan fingerprint density at radius 1 is 0.964 bits per heavy atom. The molecule has 5 rings (SSSR count). The van der Waals surface area contributed by atoms with Gasteiger partial charge in [0, 0.05) is 36.9 Å². The maximum atomic E-state index is 12.8. The lowest BCUT2D eigenvalue weighted by molar-refractivity contribution is -0.125. The highest BCUT2D eigenvalue weighted by Crippen LogP contribution is 2.36. The Labute approximate surface area is 165 Å². The second-order valence-electron chi connectivity index (χ2n) is 7.73. The summed E-state index contributed by atoms with van der Waals surface area (Å²) >= 11 is 0. The van der Waals surface area contributed by atoms with Gasteiger partial charge in [0.1, 0.15) is 5.54 Å². The standard InChI is InChI=1S/C23H24N4O/c28-22-23(27(17-25-22)20-9-2-1-3-10-20)11-14-26(15-12-23)16-19-7-4-6-18-8-5-13-24-21(18)19/h1-10,13H,11-12,14-17H2,(H,25,28). The summed E-state index contributed by atoms with van der Waals surface area (Å²) in [5.74, 6) is 0.169. The Balaban J connectivity index is 1.35. The first-order chi connectivity index (χ1) is 13.8. The molecule has 1 spiro atoms. The number of nitrogens with one attached hydrogen (secondary N) is 1. The number of para-hydroxylation sites is 2. The molecule has 5 nitrogen and oxygen atoms in total. The number of anilines is 1. The third-order valence-corrected chi connectivity index (χ3v) is 6.20. The van der Waals surface area contributed by atoms with Crippen LogP contribution in [0.2, 0.25) is 0 Å². The lowest BCUT2D eigenvalue weighted by atomic mass is 9.85. The van der Waals surface area contributed by atoms with Crippen LogP contribution in [-0.2, 0) is 11.3 Å². The number of rotatable bonds is 3. The number of piperidine rings is 1. The molecule has 28 heavy (non-hydrogen) atoms. The third-order valence-electron chi connectivity index (χ3n) is 6.20. The van der Waals surface area contributed by atoms with E-state index in [2.05, 4.69) is 56.5 Å². The molecule has 0 saturated carbocycles. The number of fused-ring (bicyclic) bond motifs is 1. The molecular weight excluding hydrogens is 348 g/mol. The minimum Gasteiger partial charge on any atom is -0.339 e. The number of aromatic nitrogens is 1. The van der Waals surface area contributed by atoms with Crippen molar-refractivity contribution in [2.45, 2.75) is 24.9 Å². The summed E-state index contributed by atoms with van der Waals surface area (Å²) in [5.41, 5.74) is 3.03. The smallest absolute Gasteiger partial charge is 0.247 e. The summed E-state index contributed by atoms with van der Waals surface area (Å²) in [5, 5.41) is 4.26. The maximum Gasteiger partial charge on any atom is 0.247 e.